The van der Waals surface area contributed by atoms with Crippen LogP contribution in [0.3, 0.4) is 0 Å². The average molecular weight is 337 g/mol. The van der Waals surface area contributed by atoms with Crippen molar-refractivity contribution in [3.8, 4) is 17.0 Å². The van der Waals surface area contributed by atoms with Gasteiger partial charge in [-0.15, -0.1) is 0 Å². The van der Waals surface area contributed by atoms with Gasteiger partial charge in [0.2, 0.25) is 0 Å². The molecule has 3 atom stereocenters. The Morgan fingerprint density at radius 3 is 2.84 bits per heavy atom. The lowest BCUT2D eigenvalue weighted by Crippen LogP contribution is -2.33. The van der Waals surface area contributed by atoms with E-state index in [-0.39, 0.29) is 11.9 Å². The summed E-state index contributed by atoms with van der Waals surface area (Å²) in [6.45, 7) is 1.60. The number of aromatic nitrogens is 1. The first-order valence-corrected chi connectivity index (χ1v) is 8.81. The molecule has 1 saturated heterocycles. The van der Waals surface area contributed by atoms with E-state index in [1.165, 1.54) is 0 Å². The highest BCUT2D eigenvalue weighted by atomic mass is 16.5. The number of methoxy groups -OCH3 is 1. The summed E-state index contributed by atoms with van der Waals surface area (Å²) < 4.78 is 5.45. The number of hydrogen-bond donors (Lipinski definition) is 1. The number of benzene rings is 1. The normalized spacial score (nSPS) is 25.0. The number of nitrogens with two attached hydrogens (primary N) is 1. The van der Waals surface area contributed by atoms with Crippen molar-refractivity contribution >= 4 is 5.91 Å². The second-order valence-electron chi connectivity index (χ2n) is 7.01. The van der Waals surface area contributed by atoms with Crippen molar-refractivity contribution in [3.63, 3.8) is 0 Å². The molecule has 0 radical (unpaired) electrons. The van der Waals surface area contributed by atoms with Gasteiger partial charge in [0.25, 0.3) is 5.91 Å². The molecule has 1 aliphatic heterocycles. The van der Waals surface area contributed by atoms with Crippen molar-refractivity contribution in [2.24, 2.45) is 17.6 Å². The number of pyridine rings is 1. The third-order valence-corrected chi connectivity index (χ3v) is 5.59. The van der Waals surface area contributed by atoms with Crippen LogP contribution in [0.25, 0.3) is 11.3 Å². The predicted molar refractivity (Wildman–Crippen MR) is 96.3 cm³/mol. The van der Waals surface area contributed by atoms with E-state index in [2.05, 4.69) is 4.98 Å². The van der Waals surface area contributed by atoms with Crippen LogP contribution in [-0.4, -0.2) is 42.0 Å². The lowest BCUT2D eigenvalue weighted by molar-refractivity contribution is 0.0779. The molecule has 1 amide bonds. The lowest BCUT2D eigenvalue weighted by Gasteiger charge is -2.19. The van der Waals surface area contributed by atoms with Crippen LogP contribution in [0.4, 0.5) is 0 Å². The maximum absolute atomic E-state index is 13.0. The van der Waals surface area contributed by atoms with E-state index < -0.39 is 0 Å². The molecule has 1 aliphatic carbocycles. The summed E-state index contributed by atoms with van der Waals surface area (Å²) in [6, 6.07) is 11.5. The molecule has 0 spiro atoms. The van der Waals surface area contributed by atoms with Crippen LogP contribution in [0.2, 0.25) is 0 Å². The summed E-state index contributed by atoms with van der Waals surface area (Å²) >= 11 is 0. The van der Waals surface area contributed by atoms with Gasteiger partial charge in [-0.05, 0) is 55.0 Å². The predicted octanol–water partition coefficient (Wildman–Crippen LogP) is 2.57. The molecule has 2 N–H and O–H groups in total. The first-order valence-electron chi connectivity index (χ1n) is 8.81. The van der Waals surface area contributed by atoms with E-state index in [1.54, 1.807) is 13.3 Å². The lowest BCUT2D eigenvalue weighted by atomic mass is 9.98. The first-order chi connectivity index (χ1) is 12.2. The monoisotopic (exact) mass is 337 g/mol. The number of rotatable bonds is 3. The summed E-state index contributed by atoms with van der Waals surface area (Å²) in [5.41, 5.74) is 8.51. The summed E-state index contributed by atoms with van der Waals surface area (Å²) in [4.78, 5) is 19.3. The zero-order valence-corrected chi connectivity index (χ0v) is 14.4. The van der Waals surface area contributed by atoms with Crippen molar-refractivity contribution in [2.45, 2.75) is 18.9 Å². The molecule has 5 heteroatoms. The Morgan fingerprint density at radius 2 is 2.12 bits per heavy atom. The fourth-order valence-corrected chi connectivity index (χ4v) is 4.22. The fourth-order valence-electron chi connectivity index (χ4n) is 4.22. The minimum absolute atomic E-state index is 0.0708. The van der Waals surface area contributed by atoms with Gasteiger partial charge in [0, 0.05) is 36.5 Å². The van der Waals surface area contributed by atoms with Gasteiger partial charge in [-0.2, -0.15) is 0 Å². The fraction of sp³-hybridized carbons (Fsp3) is 0.400. The maximum Gasteiger partial charge on any atom is 0.253 e. The third-order valence-electron chi connectivity index (χ3n) is 5.59. The summed E-state index contributed by atoms with van der Waals surface area (Å²) in [5, 5.41) is 0. The van der Waals surface area contributed by atoms with E-state index >= 15 is 0 Å². The Hall–Kier alpha value is -2.40. The van der Waals surface area contributed by atoms with E-state index in [1.807, 2.05) is 41.3 Å². The van der Waals surface area contributed by atoms with Gasteiger partial charge in [0.1, 0.15) is 5.75 Å². The third kappa shape index (κ3) is 2.89. The number of carbonyl (C=O) groups is 1. The van der Waals surface area contributed by atoms with Crippen LogP contribution in [0, 0.1) is 11.8 Å². The number of nitrogens with zero attached hydrogens (tertiary/aromatic N) is 2. The molecule has 4 rings (SSSR count). The van der Waals surface area contributed by atoms with Gasteiger partial charge in [0.05, 0.1) is 12.8 Å². The Kier molecular flexibility index (Phi) is 4.17. The topological polar surface area (TPSA) is 68.5 Å². The van der Waals surface area contributed by atoms with Gasteiger partial charge in [0.15, 0.2) is 0 Å². The number of ether oxygens (including phenoxy) is 1. The average Bonchev–Trinajstić information content (AvgIpc) is 3.23. The molecule has 1 saturated carbocycles. The van der Waals surface area contributed by atoms with Gasteiger partial charge in [-0.1, -0.05) is 6.07 Å². The highest BCUT2D eigenvalue weighted by Gasteiger charge is 2.42. The molecule has 0 bridgehead atoms. The standard InChI is InChI=1S/C20H23N3O2/c1-25-19-8-6-13(10-15(19)18-4-2-3-9-22-18)20(24)23-11-14-5-7-17(21)16(14)12-23/h2-4,6,8-10,14,16-17H,5,7,11-12,21H2,1H3. The quantitative estimate of drug-likeness (QED) is 0.935. The number of likely N-dealkylation sites (tertiary alicyclic amines) is 1. The smallest absolute Gasteiger partial charge is 0.253 e. The molecule has 2 aromatic rings. The number of hydrogen-bond acceptors (Lipinski definition) is 4. The minimum Gasteiger partial charge on any atom is -0.496 e. The Balaban J connectivity index is 1.62. The van der Waals surface area contributed by atoms with Crippen LogP contribution in [-0.2, 0) is 0 Å². The maximum atomic E-state index is 13.0. The van der Waals surface area contributed by atoms with E-state index in [0.717, 1.165) is 42.9 Å². The van der Waals surface area contributed by atoms with Crippen molar-refractivity contribution in [2.75, 3.05) is 20.2 Å². The molecule has 130 valence electrons. The van der Waals surface area contributed by atoms with Gasteiger partial charge >= 0.3 is 0 Å². The molecule has 5 nitrogen and oxygen atoms in total. The second kappa shape index (κ2) is 6.48. The highest BCUT2D eigenvalue weighted by Crippen LogP contribution is 2.38. The van der Waals surface area contributed by atoms with Crippen molar-refractivity contribution in [3.05, 3.63) is 48.2 Å². The number of carbonyl (C=O) groups excluding carboxylic acids is 1. The minimum atomic E-state index is 0.0708. The summed E-state index contributed by atoms with van der Waals surface area (Å²) in [5.74, 6) is 1.81. The Morgan fingerprint density at radius 1 is 1.24 bits per heavy atom. The SMILES string of the molecule is COc1ccc(C(=O)N2CC3CCC(N)C3C2)cc1-c1ccccn1. The van der Waals surface area contributed by atoms with Crippen molar-refractivity contribution in [1.82, 2.24) is 9.88 Å². The largest absolute Gasteiger partial charge is 0.496 e. The Labute approximate surface area is 147 Å². The van der Waals surface area contributed by atoms with Gasteiger partial charge < -0.3 is 15.4 Å². The second-order valence-corrected chi connectivity index (χ2v) is 7.01. The molecular weight excluding hydrogens is 314 g/mol. The van der Waals surface area contributed by atoms with Gasteiger partial charge in [-0.3, -0.25) is 9.78 Å². The van der Waals surface area contributed by atoms with Crippen LogP contribution in [0.1, 0.15) is 23.2 Å². The first kappa shape index (κ1) is 16.1. The number of amides is 1. The molecule has 2 heterocycles. The zero-order chi connectivity index (χ0) is 17.4. The van der Waals surface area contributed by atoms with Crippen molar-refractivity contribution < 1.29 is 9.53 Å². The van der Waals surface area contributed by atoms with Crippen LogP contribution >= 0.6 is 0 Å². The molecule has 2 fully saturated rings. The summed E-state index contributed by atoms with van der Waals surface area (Å²) in [7, 11) is 1.63. The van der Waals surface area contributed by atoms with E-state index in [9.17, 15) is 4.79 Å². The molecule has 1 aromatic heterocycles. The molecule has 1 aromatic carbocycles. The van der Waals surface area contributed by atoms with Crippen LogP contribution in [0.15, 0.2) is 42.6 Å². The van der Waals surface area contributed by atoms with Crippen LogP contribution < -0.4 is 10.5 Å². The van der Waals surface area contributed by atoms with Crippen LogP contribution in [0.5, 0.6) is 5.75 Å². The summed E-state index contributed by atoms with van der Waals surface area (Å²) in [6.07, 6.45) is 3.97. The van der Waals surface area contributed by atoms with Crippen molar-refractivity contribution in [1.29, 1.82) is 0 Å². The molecule has 25 heavy (non-hydrogen) atoms. The molecule has 2 aliphatic rings. The van der Waals surface area contributed by atoms with E-state index in [0.29, 0.717) is 17.4 Å². The molecular formula is C20H23N3O2. The van der Waals surface area contributed by atoms with E-state index in [4.69, 9.17) is 10.5 Å². The number of fused-ring (bicyclic) bond motifs is 1. The Bertz CT molecular complexity index is 778. The molecule has 3 unspecified atom stereocenters. The zero-order valence-electron chi connectivity index (χ0n) is 14.4. The van der Waals surface area contributed by atoms with Gasteiger partial charge in [-0.25, -0.2) is 0 Å². The highest BCUT2D eigenvalue weighted by molar-refractivity contribution is 5.96.